The molecular weight excluding hydrogens is 260 g/mol. The van der Waals surface area contributed by atoms with Crippen LogP contribution in [0.5, 0.6) is 17.2 Å². The van der Waals surface area contributed by atoms with Gasteiger partial charge < -0.3 is 25.3 Å². The Morgan fingerprint density at radius 2 is 2.20 bits per heavy atom. The van der Waals surface area contributed by atoms with Gasteiger partial charge in [-0.1, -0.05) is 6.92 Å². The van der Waals surface area contributed by atoms with E-state index in [2.05, 4.69) is 5.32 Å². The van der Waals surface area contributed by atoms with Crippen LogP contribution in [-0.4, -0.2) is 31.4 Å². The minimum Gasteiger partial charge on any atom is -0.493 e. The number of fused-ring (bicyclic) bond motifs is 1. The first kappa shape index (κ1) is 14.5. The second-order valence-corrected chi connectivity index (χ2v) is 4.84. The van der Waals surface area contributed by atoms with Crippen LogP contribution in [0.3, 0.4) is 0 Å². The van der Waals surface area contributed by atoms with Crippen molar-refractivity contribution >= 4 is 5.91 Å². The van der Waals surface area contributed by atoms with Crippen LogP contribution in [0.15, 0.2) is 18.2 Å². The van der Waals surface area contributed by atoms with Gasteiger partial charge >= 0.3 is 0 Å². The van der Waals surface area contributed by atoms with E-state index in [9.17, 15) is 4.79 Å². The Labute approximate surface area is 118 Å². The maximum absolute atomic E-state index is 11.5. The fourth-order valence-electron chi connectivity index (χ4n) is 2.03. The van der Waals surface area contributed by atoms with Crippen molar-refractivity contribution in [2.24, 2.45) is 5.73 Å². The fourth-order valence-corrected chi connectivity index (χ4v) is 2.03. The zero-order valence-corrected chi connectivity index (χ0v) is 11.8. The van der Waals surface area contributed by atoms with E-state index in [-0.39, 0.29) is 12.7 Å². The van der Waals surface area contributed by atoms with Crippen LogP contribution in [0.2, 0.25) is 0 Å². The molecule has 0 radical (unpaired) electrons. The van der Waals surface area contributed by atoms with E-state index in [4.69, 9.17) is 19.9 Å². The van der Waals surface area contributed by atoms with Gasteiger partial charge in [0.15, 0.2) is 11.5 Å². The lowest BCUT2D eigenvalue weighted by Gasteiger charge is -2.26. The molecule has 0 spiro atoms. The van der Waals surface area contributed by atoms with E-state index in [1.54, 1.807) is 19.1 Å². The molecule has 0 saturated carbocycles. The van der Waals surface area contributed by atoms with Crippen LogP contribution in [0.1, 0.15) is 20.3 Å². The van der Waals surface area contributed by atoms with E-state index < -0.39 is 5.54 Å². The van der Waals surface area contributed by atoms with Crippen molar-refractivity contribution in [1.29, 1.82) is 0 Å². The highest BCUT2D eigenvalue weighted by Crippen LogP contribution is 2.35. The lowest BCUT2D eigenvalue weighted by atomic mass is 9.97. The van der Waals surface area contributed by atoms with Gasteiger partial charge in [0, 0.05) is 12.5 Å². The number of ether oxygens (including phenoxy) is 3. The molecule has 1 amide bonds. The highest BCUT2D eigenvalue weighted by atomic mass is 16.7. The number of nitrogens with one attached hydrogen (secondary N) is 1. The zero-order valence-electron chi connectivity index (χ0n) is 11.8. The molecule has 1 aromatic carbocycles. The molecule has 110 valence electrons. The lowest BCUT2D eigenvalue weighted by Crippen LogP contribution is -2.53. The van der Waals surface area contributed by atoms with Crippen LogP contribution in [0, 0.1) is 0 Å². The Kier molecular flexibility index (Phi) is 4.34. The summed E-state index contributed by atoms with van der Waals surface area (Å²) < 4.78 is 16.1. The maximum Gasteiger partial charge on any atom is 0.237 e. The summed E-state index contributed by atoms with van der Waals surface area (Å²) in [5, 5.41) is 3.09. The predicted molar refractivity (Wildman–Crippen MR) is 74.0 cm³/mol. The minimum absolute atomic E-state index is 0.235. The van der Waals surface area contributed by atoms with Crippen molar-refractivity contribution in [2.45, 2.75) is 25.8 Å². The summed E-state index contributed by atoms with van der Waals surface area (Å²) in [6, 6.07) is 5.38. The standard InChI is InChI=1S/C14H20N2O4/c1-3-16-14(2,13(15)17)6-7-18-10-4-5-11-12(8-10)20-9-19-11/h4-5,8,16H,3,6-7,9H2,1-2H3,(H2,15,17). The number of carbonyl (C=O) groups is 1. The number of likely N-dealkylation sites (N-methyl/N-ethyl adjacent to an activating group) is 1. The Balaban J connectivity index is 1.90. The number of rotatable bonds is 7. The highest BCUT2D eigenvalue weighted by Gasteiger charge is 2.29. The third-order valence-electron chi connectivity index (χ3n) is 3.33. The number of carbonyl (C=O) groups excluding carboxylic acids is 1. The van der Waals surface area contributed by atoms with Gasteiger partial charge in [0.2, 0.25) is 12.7 Å². The zero-order chi connectivity index (χ0) is 14.6. The van der Waals surface area contributed by atoms with Gasteiger partial charge in [0.25, 0.3) is 0 Å². The van der Waals surface area contributed by atoms with Gasteiger partial charge in [0.05, 0.1) is 12.1 Å². The highest BCUT2D eigenvalue weighted by molar-refractivity contribution is 5.84. The summed E-state index contributed by atoms with van der Waals surface area (Å²) in [7, 11) is 0. The van der Waals surface area contributed by atoms with Crippen molar-refractivity contribution < 1.29 is 19.0 Å². The molecule has 6 heteroatoms. The quantitative estimate of drug-likeness (QED) is 0.779. The molecule has 0 aromatic heterocycles. The van der Waals surface area contributed by atoms with Gasteiger partial charge in [-0.05, 0) is 25.6 Å². The summed E-state index contributed by atoms with van der Waals surface area (Å²) in [6.45, 7) is 5.00. The number of hydrogen-bond donors (Lipinski definition) is 2. The van der Waals surface area contributed by atoms with Gasteiger partial charge in [-0.3, -0.25) is 4.79 Å². The molecule has 1 atom stereocenters. The molecule has 6 nitrogen and oxygen atoms in total. The van der Waals surface area contributed by atoms with Gasteiger partial charge in [-0.25, -0.2) is 0 Å². The third kappa shape index (κ3) is 3.14. The van der Waals surface area contributed by atoms with E-state index in [1.807, 2.05) is 13.0 Å². The Hall–Kier alpha value is -1.95. The summed E-state index contributed by atoms with van der Waals surface area (Å²) >= 11 is 0. The second-order valence-electron chi connectivity index (χ2n) is 4.84. The van der Waals surface area contributed by atoms with Crippen molar-refractivity contribution in [3.63, 3.8) is 0 Å². The Bertz CT molecular complexity index is 492. The molecule has 0 aliphatic carbocycles. The molecule has 1 aliphatic heterocycles. The first-order chi connectivity index (χ1) is 9.55. The number of nitrogens with two attached hydrogens (primary N) is 1. The molecule has 1 unspecified atom stereocenters. The minimum atomic E-state index is -0.759. The predicted octanol–water partition coefficient (Wildman–Crippen LogP) is 1.04. The lowest BCUT2D eigenvalue weighted by molar-refractivity contribution is -0.124. The topological polar surface area (TPSA) is 82.8 Å². The average molecular weight is 280 g/mol. The number of hydrogen-bond acceptors (Lipinski definition) is 5. The van der Waals surface area contributed by atoms with Gasteiger partial charge in [-0.2, -0.15) is 0 Å². The second kappa shape index (κ2) is 6.00. The first-order valence-electron chi connectivity index (χ1n) is 6.62. The van der Waals surface area contributed by atoms with Gasteiger partial charge in [0.1, 0.15) is 5.75 Å². The van der Waals surface area contributed by atoms with Crippen LogP contribution < -0.4 is 25.3 Å². The van der Waals surface area contributed by atoms with E-state index in [1.165, 1.54) is 0 Å². The Morgan fingerprint density at radius 1 is 1.45 bits per heavy atom. The van der Waals surface area contributed by atoms with Crippen molar-refractivity contribution in [2.75, 3.05) is 19.9 Å². The number of amides is 1. The van der Waals surface area contributed by atoms with Crippen LogP contribution in [0.25, 0.3) is 0 Å². The Morgan fingerprint density at radius 3 is 2.90 bits per heavy atom. The summed E-state index contributed by atoms with van der Waals surface area (Å²) in [6.07, 6.45) is 0.491. The number of benzene rings is 1. The fraction of sp³-hybridized carbons (Fsp3) is 0.500. The SMILES string of the molecule is CCNC(C)(CCOc1ccc2c(c1)OCO2)C(N)=O. The first-order valence-corrected chi connectivity index (χ1v) is 6.62. The van der Waals surface area contributed by atoms with Crippen LogP contribution in [0.4, 0.5) is 0 Å². The molecule has 3 N–H and O–H groups in total. The molecular formula is C14H20N2O4. The van der Waals surface area contributed by atoms with Gasteiger partial charge in [-0.15, -0.1) is 0 Å². The molecule has 0 fully saturated rings. The van der Waals surface area contributed by atoms with E-state index in [0.29, 0.717) is 36.8 Å². The third-order valence-corrected chi connectivity index (χ3v) is 3.33. The molecule has 0 saturated heterocycles. The van der Waals surface area contributed by atoms with E-state index >= 15 is 0 Å². The van der Waals surface area contributed by atoms with E-state index in [0.717, 1.165) is 0 Å². The molecule has 1 aliphatic rings. The smallest absolute Gasteiger partial charge is 0.237 e. The average Bonchev–Trinajstić information content (AvgIpc) is 2.86. The largest absolute Gasteiger partial charge is 0.493 e. The molecule has 0 bridgehead atoms. The summed E-state index contributed by atoms with van der Waals surface area (Å²) in [5.74, 6) is 1.69. The maximum atomic E-state index is 11.5. The number of primary amides is 1. The molecule has 1 aromatic rings. The molecule has 20 heavy (non-hydrogen) atoms. The van der Waals surface area contributed by atoms with Crippen LogP contribution in [-0.2, 0) is 4.79 Å². The normalized spacial score (nSPS) is 15.7. The van der Waals surface area contributed by atoms with Crippen molar-refractivity contribution in [3.05, 3.63) is 18.2 Å². The van der Waals surface area contributed by atoms with Crippen molar-refractivity contribution in [3.8, 4) is 17.2 Å². The summed E-state index contributed by atoms with van der Waals surface area (Å²) in [5.41, 5.74) is 4.66. The monoisotopic (exact) mass is 280 g/mol. The summed E-state index contributed by atoms with van der Waals surface area (Å²) in [4.78, 5) is 11.5. The molecule has 1 heterocycles. The molecule has 2 rings (SSSR count). The van der Waals surface area contributed by atoms with Crippen LogP contribution >= 0.6 is 0 Å². The van der Waals surface area contributed by atoms with Crippen molar-refractivity contribution in [1.82, 2.24) is 5.32 Å².